The Morgan fingerprint density at radius 3 is 2.70 bits per heavy atom. The van der Waals surface area contributed by atoms with Crippen LogP contribution in [0.15, 0.2) is 59.1 Å². The molecule has 0 aliphatic carbocycles. The van der Waals surface area contributed by atoms with Crippen molar-refractivity contribution in [1.29, 1.82) is 5.26 Å². The highest BCUT2D eigenvalue weighted by molar-refractivity contribution is 5.98. The first-order chi connectivity index (χ1) is 13.2. The highest BCUT2D eigenvalue weighted by atomic mass is 16.6. The van der Waals surface area contributed by atoms with Gasteiger partial charge in [0.25, 0.3) is 5.91 Å². The van der Waals surface area contributed by atoms with E-state index in [1.807, 2.05) is 19.1 Å². The Morgan fingerprint density at radius 2 is 2.00 bits per heavy atom. The first-order valence-corrected chi connectivity index (χ1v) is 8.32. The fourth-order valence-corrected chi connectivity index (χ4v) is 2.43. The van der Waals surface area contributed by atoms with Crippen LogP contribution < -0.4 is 10.8 Å². The van der Waals surface area contributed by atoms with Crippen molar-refractivity contribution in [3.63, 3.8) is 0 Å². The second kappa shape index (κ2) is 8.65. The van der Waals surface area contributed by atoms with Gasteiger partial charge in [-0.25, -0.2) is 5.48 Å². The molecule has 0 aliphatic rings. The zero-order valence-corrected chi connectivity index (χ0v) is 14.7. The number of nitrogens with zero attached hydrogens (tertiary/aromatic N) is 2. The topological polar surface area (TPSA) is 100 Å². The Morgan fingerprint density at radius 1 is 1.22 bits per heavy atom. The first kappa shape index (κ1) is 18.2. The van der Waals surface area contributed by atoms with Crippen molar-refractivity contribution in [2.45, 2.75) is 20.1 Å². The number of hydrogen-bond acceptors (Lipinski definition) is 6. The summed E-state index contributed by atoms with van der Waals surface area (Å²) in [5.74, 6) is 0.320. The lowest BCUT2D eigenvalue weighted by Gasteiger charge is -2.11. The standard InChI is InChI=1S/C20H18N4O3/c1-14-10-17(27-23-14)12-22-19-5-3-2-4-18(19)20(25)24-26-13-16-8-6-15(11-21)7-9-16/h2-10,22H,12-13H2,1H3,(H,24,25). The molecule has 0 spiro atoms. The van der Waals surface area contributed by atoms with Crippen molar-refractivity contribution in [2.75, 3.05) is 5.32 Å². The van der Waals surface area contributed by atoms with Gasteiger partial charge in [-0.15, -0.1) is 0 Å². The molecular formula is C20H18N4O3. The second-order valence-electron chi connectivity index (χ2n) is 5.86. The van der Waals surface area contributed by atoms with Crippen LogP contribution in [0.2, 0.25) is 0 Å². The molecule has 0 atom stereocenters. The Kier molecular flexibility index (Phi) is 5.82. The molecule has 0 bridgehead atoms. The first-order valence-electron chi connectivity index (χ1n) is 8.32. The highest BCUT2D eigenvalue weighted by Crippen LogP contribution is 2.16. The average molecular weight is 362 g/mol. The second-order valence-corrected chi connectivity index (χ2v) is 5.86. The van der Waals surface area contributed by atoms with E-state index in [0.29, 0.717) is 29.1 Å². The number of nitrogens with one attached hydrogen (secondary N) is 2. The molecule has 1 aromatic heterocycles. The van der Waals surface area contributed by atoms with E-state index in [-0.39, 0.29) is 12.5 Å². The number of para-hydroxylation sites is 1. The van der Waals surface area contributed by atoms with Crippen LogP contribution in [0.5, 0.6) is 0 Å². The molecule has 7 nitrogen and oxygen atoms in total. The van der Waals surface area contributed by atoms with Crippen LogP contribution in [-0.2, 0) is 18.0 Å². The van der Waals surface area contributed by atoms with Crippen LogP contribution in [0.1, 0.15) is 32.9 Å². The third-order valence-electron chi connectivity index (χ3n) is 3.79. The van der Waals surface area contributed by atoms with Crippen LogP contribution in [0.25, 0.3) is 0 Å². The summed E-state index contributed by atoms with van der Waals surface area (Å²) in [6, 6.07) is 18.0. The van der Waals surface area contributed by atoms with Gasteiger partial charge in [-0.1, -0.05) is 29.4 Å². The van der Waals surface area contributed by atoms with E-state index in [1.165, 1.54) is 0 Å². The molecule has 0 unspecified atom stereocenters. The van der Waals surface area contributed by atoms with Crippen molar-refractivity contribution in [3.8, 4) is 6.07 Å². The van der Waals surface area contributed by atoms with E-state index < -0.39 is 0 Å². The molecule has 0 saturated heterocycles. The summed E-state index contributed by atoms with van der Waals surface area (Å²) < 4.78 is 5.16. The molecule has 27 heavy (non-hydrogen) atoms. The van der Waals surface area contributed by atoms with Crippen LogP contribution in [0.3, 0.4) is 0 Å². The number of anilines is 1. The summed E-state index contributed by atoms with van der Waals surface area (Å²) in [5, 5.41) is 15.8. The van der Waals surface area contributed by atoms with Crippen LogP contribution in [0, 0.1) is 18.3 Å². The normalized spacial score (nSPS) is 10.2. The number of hydroxylamine groups is 1. The average Bonchev–Trinajstić information content (AvgIpc) is 3.12. The summed E-state index contributed by atoms with van der Waals surface area (Å²) >= 11 is 0. The molecule has 3 rings (SSSR count). The van der Waals surface area contributed by atoms with Crippen molar-refractivity contribution >= 4 is 11.6 Å². The Balaban J connectivity index is 1.56. The quantitative estimate of drug-likeness (QED) is 0.625. The largest absolute Gasteiger partial charge is 0.377 e. The van der Waals surface area contributed by atoms with Gasteiger partial charge in [0, 0.05) is 11.8 Å². The van der Waals surface area contributed by atoms with Crippen molar-refractivity contribution in [1.82, 2.24) is 10.6 Å². The van der Waals surface area contributed by atoms with Gasteiger partial charge in [-0.2, -0.15) is 5.26 Å². The number of carbonyl (C=O) groups excluding carboxylic acids is 1. The number of amides is 1. The monoisotopic (exact) mass is 362 g/mol. The van der Waals surface area contributed by atoms with E-state index in [9.17, 15) is 4.79 Å². The number of hydrogen-bond donors (Lipinski definition) is 2. The predicted molar refractivity (Wildman–Crippen MR) is 98.4 cm³/mol. The van der Waals surface area contributed by atoms with E-state index in [0.717, 1.165) is 11.3 Å². The van der Waals surface area contributed by atoms with Gasteiger partial charge in [-0.3, -0.25) is 9.63 Å². The summed E-state index contributed by atoms with van der Waals surface area (Å²) in [6.07, 6.45) is 0. The SMILES string of the molecule is Cc1cc(CNc2ccccc2C(=O)NOCc2ccc(C#N)cc2)on1. The molecule has 7 heteroatoms. The lowest BCUT2D eigenvalue weighted by Crippen LogP contribution is -2.24. The Bertz CT molecular complexity index is 958. The maximum atomic E-state index is 12.4. The summed E-state index contributed by atoms with van der Waals surface area (Å²) in [6.45, 7) is 2.46. The van der Waals surface area contributed by atoms with E-state index in [2.05, 4.69) is 22.0 Å². The molecule has 136 valence electrons. The van der Waals surface area contributed by atoms with Gasteiger partial charge in [0.15, 0.2) is 5.76 Å². The molecule has 1 amide bonds. The van der Waals surface area contributed by atoms with Crippen LogP contribution >= 0.6 is 0 Å². The van der Waals surface area contributed by atoms with E-state index >= 15 is 0 Å². The number of rotatable bonds is 7. The summed E-state index contributed by atoms with van der Waals surface area (Å²) in [5.41, 5.74) is 5.77. The fraction of sp³-hybridized carbons (Fsp3) is 0.150. The maximum absolute atomic E-state index is 12.4. The number of nitriles is 1. The van der Waals surface area contributed by atoms with Gasteiger partial charge in [0.2, 0.25) is 0 Å². The smallest absolute Gasteiger partial charge is 0.276 e. The van der Waals surface area contributed by atoms with Gasteiger partial charge < -0.3 is 9.84 Å². The minimum absolute atomic E-state index is 0.199. The maximum Gasteiger partial charge on any atom is 0.276 e. The van der Waals surface area contributed by atoms with Crippen molar-refractivity contribution in [2.24, 2.45) is 0 Å². The van der Waals surface area contributed by atoms with Crippen molar-refractivity contribution in [3.05, 3.63) is 82.7 Å². The molecule has 3 aromatic rings. The van der Waals surface area contributed by atoms with Crippen LogP contribution in [-0.4, -0.2) is 11.1 Å². The zero-order chi connectivity index (χ0) is 19.1. The Labute approximate surface area is 156 Å². The van der Waals surface area contributed by atoms with Gasteiger partial charge in [-0.05, 0) is 36.8 Å². The van der Waals surface area contributed by atoms with E-state index in [1.54, 1.807) is 42.5 Å². The fourth-order valence-electron chi connectivity index (χ4n) is 2.43. The number of benzene rings is 2. The van der Waals surface area contributed by atoms with E-state index in [4.69, 9.17) is 14.6 Å². The van der Waals surface area contributed by atoms with Gasteiger partial charge >= 0.3 is 0 Å². The summed E-state index contributed by atoms with van der Waals surface area (Å²) in [4.78, 5) is 17.7. The zero-order valence-electron chi connectivity index (χ0n) is 14.7. The molecular weight excluding hydrogens is 344 g/mol. The summed E-state index contributed by atoms with van der Waals surface area (Å²) in [7, 11) is 0. The lowest BCUT2D eigenvalue weighted by atomic mass is 10.1. The molecule has 2 N–H and O–H groups in total. The third kappa shape index (κ3) is 4.93. The molecule has 2 aromatic carbocycles. The van der Waals surface area contributed by atoms with Crippen LogP contribution in [0.4, 0.5) is 5.69 Å². The van der Waals surface area contributed by atoms with Gasteiger partial charge in [0.1, 0.15) is 0 Å². The van der Waals surface area contributed by atoms with Gasteiger partial charge in [0.05, 0.1) is 36.0 Å². The molecule has 0 fully saturated rings. The molecule has 0 saturated carbocycles. The molecule has 1 heterocycles. The number of aromatic nitrogens is 1. The lowest BCUT2D eigenvalue weighted by molar-refractivity contribution is 0.0234. The minimum Gasteiger partial charge on any atom is -0.377 e. The molecule has 0 aliphatic heterocycles. The minimum atomic E-state index is -0.361. The number of aryl methyl sites for hydroxylation is 1. The highest BCUT2D eigenvalue weighted by Gasteiger charge is 2.11. The number of carbonyl (C=O) groups is 1. The molecule has 0 radical (unpaired) electrons. The van der Waals surface area contributed by atoms with Crippen molar-refractivity contribution < 1.29 is 14.2 Å². The Hall–Kier alpha value is -3.63. The third-order valence-corrected chi connectivity index (χ3v) is 3.79. The predicted octanol–water partition coefficient (Wildman–Crippen LogP) is 3.33.